The van der Waals surface area contributed by atoms with Crippen LogP contribution in [-0.4, -0.2) is 48.4 Å². The van der Waals surface area contributed by atoms with Crippen molar-refractivity contribution >= 4 is 28.7 Å². The highest BCUT2D eigenvalue weighted by atomic mass is 32.2. The van der Waals surface area contributed by atoms with Gasteiger partial charge in [-0.2, -0.15) is 0 Å². The molecule has 0 spiro atoms. The first-order valence-electron chi connectivity index (χ1n) is 14.5. The van der Waals surface area contributed by atoms with Gasteiger partial charge in [0.05, 0.1) is 25.9 Å². The van der Waals surface area contributed by atoms with Crippen LogP contribution >= 0.6 is 11.8 Å². The lowest BCUT2D eigenvalue weighted by Crippen LogP contribution is -2.45. The Morgan fingerprint density at radius 3 is 2.40 bits per heavy atom. The summed E-state index contributed by atoms with van der Waals surface area (Å²) in [6, 6.07) is 33.4. The van der Waals surface area contributed by atoms with Gasteiger partial charge in [-0.3, -0.25) is 0 Å². The first kappa shape index (κ1) is 30.0. The van der Waals surface area contributed by atoms with Crippen LogP contribution in [0.4, 0.5) is 4.79 Å². The Hall–Kier alpha value is -3.52. The molecule has 0 N–H and O–H groups in total. The Morgan fingerprint density at radius 2 is 1.64 bits per heavy atom. The van der Waals surface area contributed by atoms with Crippen LogP contribution in [-0.2, 0) is 20.9 Å². The fourth-order valence-corrected chi connectivity index (χ4v) is 5.83. The van der Waals surface area contributed by atoms with Gasteiger partial charge in [-0.25, -0.2) is 4.79 Å². The average Bonchev–Trinajstić information content (AvgIpc) is 2.98. The molecule has 0 amide bonds. The fraction of sp³-hybridized carbons (Fsp3) is 0.343. The molecule has 0 aliphatic carbocycles. The molecule has 0 radical (unpaired) electrons. The summed E-state index contributed by atoms with van der Waals surface area (Å²) >= 11 is 1.79. The Balaban J connectivity index is 1.22. The predicted molar refractivity (Wildman–Crippen MR) is 168 cm³/mol. The van der Waals surface area contributed by atoms with Crippen LogP contribution in [0.15, 0.2) is 102 Å². The molecule has 220 valence electrons. The number of nitrogens with zero attached hydrogens (tertiary/aromatic N) is 1. The van der Waals surface area contributed by atoms with Crippen molar-refractivity contribution in [1.29, 1.82) is 0 Å². The van der Waals surface area contributed by atoms with Gasteiger partial charge in [0.25, 0.3) is 0 Å². The highest BCUT2D eigenvalue weighted by Gasteiger charge is 2.34. The number of hydrogen-bond donors (Lipinski definition) is 0. The van der Waals surface area contributed by atoms with Gasteiger partial charge >= 0.3 is 6.16 Å². The summed E-state index contributed by atoms with van der Waals surface area (Å²) in [6.07, 6.45) is -0.0955. The van der Waals surface area contributed by atoms with Crippen LogP contribution in [0.1, 0.15) is 44.2 Å². The second-order valence-corrected chi connectivity index (χ2v) is 12.6. The largest absolute Gasteiger partial charge is 0.528 e. The topological polar surface area (TPSA) is 57.2 Å². The third-order valence-electron chi connectivity index (χ3n) is 7.07. The van der Waals surface area contributed by atoms with Crippen LogP contribution in [0.3, 0.4) is 0 Å². The molecule has 1 heterocycles. The second kappa shape index (κ2) is 14.1. The Labute approximate surface area is 252 Å². The first-order valence-corrected chi connectivity index (χ1v) is 15.5. The van der Waals surface area contributed by atoms with E-state index in [2.05, 4.69) is 66.7 Å². The van der Waals surface area contributed by atoms with Crippen molar-refractivity contribution < 1.29 is 23.8 Å². The Bertz CT molecular complexity index is 1440. The summed E-state index contributed by atoms with van der Waals surface area (Å²) in [4.78, 5) is 19.2. The molecule has 0 bridgehead atoms. The van der Waals surface area contributed by atoms with E-state index in [9.17, 15) is 4.79 Å². The summed E-state index contributed by atoms with van der Waals surface area (Å²) in [5, 5.41) is 4.05. The van der Waals surface area contributed by atoms with Crippen molar-refractivity contribution in [3.05, 3.63) is 108 Å². The third kappa shape index (κ3) is 8.74. The van der Waals surface area contributed by atoms with Crippen LogP contribution in [0, 0.1) is 0 Å². The molecule has 0 saturated carbocycles. The van der Waals surface area contributed by atoms with Gasteiger partial charge in [0, 0.05) is 23.1 Å². The molecule has 5 rings (SSSR count). The van der Waals surface area contributed by atoms with E-state index in [4.69, 9.17) is 19.0 Å². The van der Waals surface area contributed by atoms with Gasteiger partial charge in [0.2, 0.25) is 0 Å². The third-order valence-corrected chi connectivity index (χ3v) is 8.04. The number of ether oxygens (including phenoxy) is 3. The summed E-state index contributed by atoms with van der Waals surface area (Å²) < 4.78 is 17.9. The number of hydroxylamine groups is 2. The summed E-state index contributed by atoms with van der Waals surface area (Å²) in [6.45, 7) is 7.62. The van der Waals surface area contributed by atoms with E-state index in [-0.39, 0.29) is 12.0 Å². The number of rotatable bonds is 10. The van der Waals surface area contributed by atoms with E-state index in [1.54, 1.807) is 16.8 Å². The van der Waals surface area contributed by atoms with Gasteiger partial charge in [-0.15, -0.1) is 16.8 Å². The highest BCUT2D eigenvalue weighted by molar-refractivity contribution is 7.99. The molecule has 7 heteroatoms. The molecule has 6 nitrogen and oxygen atoms in total. The van der Waals surface area contributed by atoms with Crippen molar-refractivity contribution in [2.24, 2.45) is 0 Å². The summed E-state index contributed by atoms with van der Waals surface area (Å²) in [5.74, 6) is 1.88. The lowest BCUT2D eigenvalue weighted by atomic mass is 9.87. The van der Waals surface area contributed by atoms with Gasteiger partial charge in [-0.1, -0.05) is 66.7 Å². The lowest BCUT2D eigenvalue weighted by Gasteiger charge is -2.37. The van der Waals surface area contributed by atoms with E-state index in [1.807, 2.05) is 51.1 Å². The quantitative estimate of drug-likeness (QED) is 0.105. The van der Waals surface area contributed by atoms with Crippen molar-refractivity contribution in [1.82, 2.24) is 5.06 Å². The SMILES string of the molecule is CC(C)(C)OC(=O)ON1CCC(c2ccc(OCCSc3ccccc3)cc2)C(OCc2ccc3ccccc3c2)C1. The molecule has 4 aromatic carbocycles. The Morgan fingerprint density at radius 1 is 0.905 bits per heavy atom. The zero-order chi connectivity index (χ0) is 29.4. The van der Waals surface area contributed by atoms with E-state index in [0.29, 0.717) is 26.3 Å². The molecular formula is C35H39NO5S. The summed E-state index contributed by atoms with van der Waals surface area (Å²) in [5.41, 5.74) is 1.67. The number of carbonyl (C=O) groups excluding carboxylic acids is 1. The van der Waals surface area contributed by atoms with E-state index in [1.165, 1.54) is 21.2 Å². The molecule has 4 aromatic rings. The monoisotopic (exact) mass is 585 g/mol. The van der Waals surface area contributed by atoms with Crippen molar-refractivity contribution in [2.75, 3.05) is 25.4 Å². The lowest BCUT2D eigenvalue weighted by molar-refractivity contribution is -0.179. The van der Waals surface area contributed by atoms with Crippen molar-refractivity contribution in [3.8, 4) is 5.75 Å². The number of carbonyl (C=O) groups is 1. The molecular weight excluding hydrogens is 546 g/mol. The second-order valence-electron chi connectivity index (χ2n) is 11.4. The maximum atomic E-state index is 12.4. The van der Waals surface area contributed by atoms with Gasteiger partial charge in [0.1, 0.15) is 11.4 Å². The minimum Gasteiger partial charge on any atom is -0.493 e. The standard InChI is InChI=1S/C35H39NO5S/c1-35(2,3)40-34(37)41-36-20-19-32(33(24-36)39-25-26-13-14-27-9-7-8-10-29(27)23-26)28-15-17-30(18-16-28)38-21-22-42-31-11-5-4-6-12-31/h4-18,23,32-33H,19-22,24-25H2,1-3H3. The Kier molecular flexibility index (Phi) is 10.1. The van der Waals surface area contributed by atoms with E-state index >= 15 is 0 Å². The number of benzene rings is 4. The number of fused-ring (bicyclic) bond motifs is 1. The highest BCUT2D eigenvalue weighted by Crippen LogP contribution is 2.33. The fourth-order valence-electron chi connectivity index (χ4n) is 5.07. The van der Waals surface area contributed by atoms with E-state index < -0.39 is 11.8 Å². The minimum atomic E-state index is -0.693. The normalized spacial score (nSPS) is 17.6. The van der Waals surface area contributed by atoms with Crippen molar-refractivity contribution in [3.63, 3.8) is 0 Å². The van der Waals surface area contributed by atoms with E-state index in [0.717, 1.165) is 23.5 Å². The smallest absolute Gasteiger partial charge is 0.493 e. The molecule has 1 fully saturated rings. The molecule has 2 atom stereocenters. The number of hydrogen-bond acceptors (Lipinski definition) is 7. The van der Waals surface area contributed by atoms with Gasteiger partial charge in [0.15, 0.2) is 0 Å². The van der Waals surface area contributed by atoms with Crippen LogP contribution in [0.25, 0.3) is 10.8 Å². The van der Waals surface area contributed by atoms with Crippen molar-refractivity contribution in [2.45, 2.75) is 56.3 Å². The predicted octanol–water partition coefficient (Wildman–Crippen LogP) is 8.25. The molecule has 1 saturated heterocycles. The minimum absolute atomic E-state index is 0.145. The molecule has 0 aromatic heterocycles. The maximum absolute atomic E-state index is 12.4. The molecule has 42 heavy (non-hydrogen) atoms. The van der Waals surface area contributed by atoms with Crippen LogP contribution in [0.5, 0.6) is 5.75 Å². The average molecular weight is 586 g/mol. The number of piperidine rings is 1. The summed E-state index contributed by atoms with van der Waals surface area (Å²) in [7, 11) is 0. The molecule has 2 unspecified atom stereocenters. The van der Waals surface area contributed by atoms with Crippen LogP contribution in [0.2, 0.25) is 0 Å². The van der Waals surface area contributed by atoms with Gasteiger partial charge < -0.3 is 19.0 Å². The molecule has 1 aliphatic rings. The maximum Gasteiger partial charge on any atom is 0.528 e. The zero-order valence-corrected chi connectivity index (χ0v) is 25.3. The first-order chi connectivity index (χ1) is 20.3. The van der Waals surface area contributed by atoms with Gasteiger partial charge in [-0.05, 0) is 79.4 Å². The molecule has 1 aliphatic heterocycles. The van der Waals surface area contributed by atoms with Crippen LogP contribution < -0.4 is 4.74 Å². The zero-order valence-electron chi connectivity index (χ0n) is 24.5. The number of thioether (sulfide) groups is 1.